The Kier molecular flexibility index (Phi) is 63.4. The largest absolute Gasteiger partial charge is 0.472 e. The number of carbonyl (C=O) groups excluding carboxylic acids is 4. The Balaban J connectivity index is 5.23. The molecule has 0 aromatic rings. The first-order chi connectivity index (χ1) is 44.8. The molecule has 3 N–H and O–H groups in total. The third-order valence-corrected chi connectivity index (χ3v) is 19.4. The van der Waals surface area contributed by atoms with Crippen molar-refractivity contribution in [3.8, 4) is 0 Å². The molecule has 552 valence electrons. The number of aliphatic hydroxyl groups is 1. The zero-order valence-electron chi connectivity index (χ0n) is 60.7. The van der Waals surface area contributed by atoms with E-state index in [4.69, 9.17) is 37.0 Å². The summed E-state index contributed by atoms with van der Waals surface area (Å²) in [4.78, 5) is 72.7. The lowest BCUT2D eigenvalue weighted by Gasteiger charge is -2.21. The number of carbonyl (C=O) groups is 4. The summed E-state index contributed by atoms with van der Waals surface area (Å²) in [7, 11) is -9.91. The van der Waals surface area contributed by atoms with Crippen LogP contribution in [0.3, 0.4) is 0 Å². The summed E-state index contributed by atoms with van der Waals surface area (Å²) in [6.45, 7) is 11.9. The van der Waals surface area contributed by atoms with E-state index in [1.54, 1.807) is 0 Å². The molecule has 0 aliphatic heterocycles. The van der Waals surface area contributed by atoms with Crippen LogP contribution in [0.4, 0.5) is 0 Å². The van der Waals surface area contributed by atoms with E-state index in [1.807, 2.05) is 0 Å². The van der Waals surface area contributed by atoms with E-state index >= 15 is 0 Å². The molecule has 17 nitrogen and oxygen atoms in total. The minimum atomic E-state index is -4.96. The topological polar surface area (TPSA) is 237 Å². The van der Waals surface area contributed by atoms with E-state index in [-0.39, 0.29) is 25.7 Å². The number of unbranched alkanes of at least 4 members (excludes halogenated alkanes) is 39. The molecular weight excluding hydrogens is 1220 g/mol. The van der Waals surface area contributed by atoms with Crippen molar-refractivity contribution in [3.63, 3.8) is 0 Å². The number of aliphatic hydroxyl groups excluding tert-OH is 1. The van der Waals surface area contributed by atoms with Crippen LogP contribution in [0.5, 0.6) is 0 Å². The van der Waals surface area contributed by atoms with Crippen molar-refractivity contribution in [1.29, 1.82) is 0 Å². The minimum Gasteiger partial charge on any atom is -0.462 e. The average molecular weight is 1370 g/mol. The van der Waals surface area contributed by atoms with Gasteiger partial charge in [-0.25, -0.2) is 9.13 Å². The fraction of sp³-hybridized carbons (Fsp3) is 0.946. The molecule has 19 heteroatoms. The Morgan fingerprint density at radius 2 is 0.548 bits per heavy atom. The van der Waals surface area contributed by atoms with E-state index in [1.165, 1.54) is 180 Å². The maximum Gasteiger partial charge on any atom is 0.472 e. The smallest absolute Gasteiger partial charge is 0.462 e. The van der Waals surface area contributed by atoms with Crippen molar-refractivity contribution >= 4 is 39.5 Å². The molecule has 0 aliphatic carbocycles. The number of phosphoric ester groups is 2. The third kappa shape index (κ3) is 67.0. The first-order valence-electron chi connectivity index (χ1n) is 38.4. The molecule has 0 fully saturated rings. The highest BCUT2D eigenvalue weighted by atomic mass is 31.2. The van der Waals surface area contributed by atoms with Crippen molar-refractivity contribution in [2.24, 2.45) is 17.8 Å². The number of hydrogen-bond acceptors (Lipinski definition) is 15. The van der Waals surface area contributed by atoms with Gasteiger partial charge in [-0.2, -0.15) is 0 Å². The lowest BCUT2D eigenvalue weighted by atomic mass is 10.00. The summed E-state index contributed by atoms with van der Waals surface area (Å²) in [6, 6.07) is 0. The van der Waals surface area contributed by atoms with Crippen LogP contribution in [0, 0.1) is 17.8 Å². The minimum absolute atomic E-state index is 0.106. The molecule has 0 aromatic heterocycles. The number of ether oxygens (including phenoxy) is 4. The molecule has 93 heavy (non-hydrogen) atoms. The normalized spacial score (nSPS) is 14.4. The van der Waals surface area contributed by atoms with Crippen LogP contribution in [0.2, 0.25) is 0 Å². The third-order valence-electron chi connectivity index (χ3n) is 17.5. The summed E-state index contributed by atoms with van der Waals surface area (Å²) in [6.07, 6.45) is 50.0. The highest BCUT2D eigenvalue weighted by molar-refractivity contribution is 7.47. The summed E-state index contributed by atoms with van der Waals surface area (Å²) in [5, 5.41) is 10.6. The number of hydrogen-bond donors (Lipinski definition) is 3. The molecule has 0 rings (SSSR count). The van der Waals surface area contributed by atoms with Gasteiger partial charge < -0.3 is 33.8 Å². The molecule has 0 saturated carbocycles. The van der Waals surface area contributed by atoms with E-state index in [2.05, 4.69) is 48.5 Å². The van der Waals surface area contributed by atoms with Crippen LogP contribution >= 0.6 is 15.6 Å². The zero-order chi connectivity index (χ0) is 68.7. The van der Waals surface area contributed by atoms with Crippen LogP contribution in [0.1, 0.15) is 376 Å². The molecule has 0 aromatic carbocycles. The van der Waals surface area contributed by atoms with Gasteiger partial charge in [-0.05, 0) is 43.4 Å². The predicted octanol–water partition coefficient (Wildman–Crippen LogP) is 21.4. The molecule has 0 aliphatic rings. The van der Waals surface area contributed by atoms with E-state index in [9.17, 15) is 43.2 Å². The van der Waals surface area contributed by atoms with Gasteiger partial charge in [0.25, 0.3) is 0 Å². The summed E-state index contributed by atoms with van der Waals surface area (Å²) in [5.41, 5.74) is 0. The summed E-state index contributed by atoms with van der Waals surface area (Å²) >= 11 is 0. The van der Waals surface area contributed by atoms with Crippen LogP contribution in [-0.4, -0.2) is 96.7 Å². The van der Waals surface area contributed by atoms with E-state index in [0.29, 0.717) is 25.7 Å². The second-order valence-electron chi connectivity index (χ2n) is 27.9. The van der Waals surface area contributed by atoms with Gasteiger partial charge in [-0.1, -0.05) is 325 Å². The van der Waals surface area contributed by atoms with Crippen molar-refractivity contribution in [2.45, 2.75) is 394 Å². The van der Waals surface area contributed by atoms with Crippen LogP contribution in [-0.2, 0) is 65.4 Å². The Labute approximate surface area is 568 Å². The Morgan fingerprint density at radius 3 is 0.817 bits per heavy atom. The summed E-state index contributed by atoms with van der Waals surface area (Å²) < 4.78 is 68.4. The van der Waals surface area contributed by atoms with Gasteiger partial charge in [-0.3, -0.25) is 37.3 Å². The first-order valence-corrected chi connectivity index (χ1v) is 41.4. The molecule has 6 atom stereocenters. The van der Waals surface area contributed by atoms with Crippen molar-refractivity contribution in [2.75, 3.05) is 39.6 Å². The van der Waals surface area contributed by atoms with Crippen LogP contribution in [0.25, 0.3) is 0 Å². The van der Waals surface area contributed by atoms with Crippen LogP contribution < -0.4 is 0 Å². The zero-order valence-corrected chi connectivity index (χ0v) is 62.5. The highest BCUT2D eigenvalue weighted by Gasteiger charge is 2.30. The fourth-order valence-electron chi connectivity index (χ4n) is 11.2. The van der Waals surface area contributed by atoms with Gasteiger partial charge in [0.2, 0.25) is 0 Å². The van der Waals surface area contributed by atoms with Crippen molar-refractivity contribution < 1.29 is 80.2 Å². The van der Waals surface area contributed by atoms with E-state index < -0.39 is 97.5 Å². The van der Waals surface area contributed by atoms with Gasteiger partial charge in [0.1, 0.15) is 19.3 Å². The van der Waals surface area contributed by atoms with E-state index in [0.717, 1.165) is 114 Å². The maximum absolute atomic E-state index is 13.1. The number of esters is 4. The molecule has 0 amide bonds. The average Bonchev–Trinajstić information content (AvgIpc) is 2.26. The molecule has 0 bridgehead atoms. The molecule has 0 heterocycles. The van der Waals surface area contributed by atoms with Crippen molar-refractivity contribution in [1.82, 2.24) is 0 Å². The molecule has 0 saturated heterocycles. The Bertz CT molecular complexity index is 1820. The van der Waals surface area contributed by atoms with Gasteiger partial charge in [0.05, 0.1) is 26.4 Å². The molecular formula is C74H144O17P2. The summed E-state index contributed by atoms with van der Waals surface area (Å²) in [5.74, 6) is 0.163. The lowest BCUT2D eigenvalue weighted by Crippen LogP contribution is -2.30. The lowest BCUT2D eigenvalue weighted by molar-refractivity contribution is -0.161. The first kappa shape index (κ1) is 91.1. The van der Waals surface area contributed by atoms with Gasteiger partial charge in [0.15, 0.2) is 12.2 Å². The fourth-order valence-corrected chi connectivity index (χ4v) is 12.8. The van der Waals surface area contributed by atoms with Crippen molar-refractivity contribution in [3.05, 3.63) is 0 Å². The molecule has 3 unspecified atom stereocenters. The monoisotopic (exact) mass is 1370 g/mol. The Morgan fingerprint density at radius 1 is 0.312 bits per heavy atom. The van der Waals surface area contributed by atoms with Gasteiger partial charge in [-0.15, -0.1) is 0 Å². The standard InChI is InChI=1S/C74H144O17P2/c1-8-10-11-12-13-14-15-23-28-34-43-50-57-73(78)91-70(62-85-72(77)56-49-42-37-36-40-47-54-67(7)9-2)64-89-93(82,83)87-60-68(75)59-86-92(80,81)88-63-69(61-84-71(76)55-48-41-33-30-25-27-32-39-46-53-66(5)6)90-74(79)58-51-44-35-29-24-21-19-17-16-18-20-22-26-31-38-45-52-65(3)4/h65-70,75H,8-64H2,1-7H3,(H,80,81)(H,82,83)/t67?,68-,69-,70-/m1/s1. The second kappa shape index (κ2) is 64.7. The van der Waals surface area contributed by atoms with Gasteiger partial charge in [0, 0.05) is 25.7 Å². The van der Waals surface area contributed by atoms with Gasteiger partial charge >= 0.3 is 39.5 Å². The number of phosphoric acid groups is 2. The quantitative estimate of drug-likeness (QED) is 0.0222. The van der Waals surface area contributed by atoms with Crippen LogP contribution in [0.15, 0.2) is 0 Å². The second-order valence-corrected chi connectivity index (χ2v) is 30.8. The highest BCUT2D eigenvalue weighted by Crippen LogP contribution is 2.45. The maximum atomic E-state index is 13.1. The SMILES string of the molecule is CCCCCCCCCCCCCCC(=O)O[C@H](COC(=O)CCCCCCCCC(C)CC)COP(=O)(O)OC[C@H](O)COP(=O)(O)OC[C@@H](COC(=O)CCCCCCCCCCCC(C)C)OC(=O)CCCCCCCCCCCCCCCCCCC(C)C. The predicted molar refractivity (Wildman–Crippen MR) is 377 cm³/mol. The Hall–Kier alpha value is -1.94. The molecule has 0 radical (unpaired) electrons. The number of rotatable bonds is 72. The molecule has 0 spiro atoms.